The van der Waals surface area contributed by atoms with Crippen LogP contribution >= 0.6 is 0 Å². The number of esters is 1. The fourth-order valence-corrected chi connectivity index (χ4v) is 9.38. The molecule has 18 heteroatoms. The highest BCUT2D eigenvalue weighted by atomic mass is 16.5. The molecular formula is C52H53N9O9. The molecule has 6 heterocycles. The zero-order valence-electron chi connectivity index (χ0n) is 39.3. The van der Waals surface area contributed by atoms with E-state index in [0.717, 1.165) is 42.7 Å². The number of ether oxygens (including phenoxy) is 3. The summed E-state index contributed by atoms with van der Waals surface area (Å²) >= 11 is 0. The first-order valence-electron chi connectivity index (χ1n) is 23.4. The van der Waals surface area contributed by atoms with Crippen LogP contribution in [0.4, 0.5) is 22.7 Å². The van der Waals surface area contributed by atoms with Gasteiger partial charge in [0, 0.05) is 72.9 Å². The predicted molar refractivity (Wildman–Crippen MR) is 261 cm³/mol. The molecule has 360 valence electrons. The number of methoxy groups -OCH3 is 2. The number of primary amides is 1. The molecule has 0 unspecified atom stereocenters. The van der Waals surface area contributed by atoms with Crippen LogP contribution in [-0.4, -0.2) is 102 Å². The van der Waals surface area contributed by atoms with E-state index >= 15 is 0 Å². The van der Waals surface area contributed by atoms with Crippen molar-refractivity contribution in [2.75, 3.05) is 66.6 Å². The van der Waals surface area contributed by atoms with Crippen molar-refractivity contribution in [3.05, 3.63) is 131 Å². The Bertz CT molecular complexity index is 2960. The van der Waals surface area contributed by atoms with Crippen LogP contribution in [0.3, 0.4) is 0 Å². The Morgan fingerprint density at radius 3 is 1.24 bits per heavy atom. The summed E-state index contributed by atoms with van der Waals surface area (Å²) in [7, 11) is 3.15. The lowest BCUT2D eigenvalue weighted by molar-refractivity contribution is -0.120. The molecule has 2 aromatic heterocycles. The van der Waals surface area contributed by atoms with Gasteiger partial charge in [0.1, 0.15) is 22.9 Å². The number of benzene rings is 4. The van der Waals surface area contributed by atoms with Gasteiger partial charge in [0.25, 0.3) is 17.7 Å². The quantitative estimate of drug-likeness (QED) is 0.139. The maximum Gasteiger partial charge on any atom is 0.359 e. The van der Waals surface area contributed by atoms with Crippen molar-refractivity contribution in [3.8, 4) is 22.9 Å². The van der Waals surface area contributed by atoms with Crippen molar-refractivity contribution in [2.45, 2.75) is 58.3 Å². The number of amides is 5. The van der Waals surface area contributed by atoms with E-state index in [0.29, 0.717) is 103 Å². The Hall–Kier alpha value is -8.28. The molecule has 0 saturated carbocycles. The molecule has 0 bridgehead atoms. The minimum absolute atomic E-state index is 0.109. The van der Waals surface area contributed by atoms with Crippen LogP contribution in [0.1, 0.15) is 98.5 Å². The number of rotatable bonds is 11. The van der Waals surface area contributed by atoms with E-state index in [1.807, 2.05) is 48.5 Å². The molecule has 0 radical (unpaired) electrons. The lowest BCUT2D eigenvalue weighted by atomic mass is 10.0. The zero-order valence-corrected chi connectivity index (χ0v) is 39.3. The summed E-state index contributed by atoms with van der Waals surface area (Å²) in [5.41, 5.74) is 12.0. The highest BCUT2D eigenvalue weighted by molar-refractivity contribution is 6.10. The van der Waals surface area contributed by atoms with Crippen molar-refractivity contribution < 1.29 is 43.0 Å². The molecule has 0 aliphatic carbocycles. The van der Waals surface area contributed by atoms with Crippen molar-refractivity contribution in [1.82, 2.24) is 19.6 Å². The third kappa shape index (κ3) is 9.06. The number of carbonyl (C=O) groups excluding carboxylic acids is 6. The number of carbonyl (C=O) groups is 6. The third-order valence-corrected chi connectivity index (χ3v) is 13.0. The van der Waals surface area contributed by atoms with Gasteiger partial charge in [0.15, 0.2) is 11.4 Å². The monoisotopic (exact) mass is 947 g/mol. The number of hydrogen-bond acceptors (Lipinski definition) is 11. The molecule has 0 spiro atoms. The first-order chi connectivity index (χ1) is 34.0. The number of hydrogen-bond donors (Lipinski definition) is 1. The number of nitrogens with zero attached hydrogens (tertiary/aromatic N) is 8. The van der Waals surface area contributed by atoms with Crippen molar-refractivity contribution in [3.63, 3.8) is 0 Å². The molecule has 4 aromatic carbocycles. The van der Waals surface area contributed by atoms with Crippen molar-refractivity contribution in [2.24, 2.45) is 5.73 Å². The molecule has 70 heavy (non-hydrogen) atoms. The summed E-state index contributed by atoms with van der Waals surface area (Å²) in [6.45, 7) is 4.16. The standard InChI is InChI=1S/C27H28N4O5.C25H25N5O4/c1-3-36-27(34)24-22-15-17-30(19-9-7-18(8-10-19)29-16-5-4-6-23(29)32)26(33)25(22)31(28-24)20-11-13-21(35-2)14-12-20;1-34-19-11-9-18(10-12-19)30-23-20(22(27-30)24(26)32)13-15-29(25(23)33)17-7-5-16(6-8-17)28-14-3-2-4-21(28)31/h7-14H,3-6,15-17H2,1-2H3;5-12H,2-4,13-15H2,1H3,(H2,26,32). The summed E-state index contributed by atoms with van der Waals surface area (Å²) in [5.74, 6) is -0.137. The Balaban J connectivity index is 0.000000174. The lowest BCUT2D eigenvalue weighted by Gasteiger charge is -2.29. The number of anilines is 4. The second kappa shape index (κ2) is 20.1. The normalized spacial score (nSPS) is 15.8. The molecule has 5 amide bonds. The minimum Gasteiger partial charge on any atom is -0.497 e. The van der Waals surface area contributed by atoms with E-state index < -0.39 is 11.9 Å². The van der Waals surface area contributed by atoms with Crippen molar-refractivity contribution >= 4 is 58.3 Å². The Kier molecular flexibility index (Phi) is 13.5. The predicted octanol–water partition coefficient (Wildman–Crippen LogP) is 6.48. The first-order valence-corrected chi connectivity index (χ1v) is 23.4. The van der Waals surface area contributed by atoms with E-state index in [1.54, 1.807) is 89.3 Å². The van der Waals surface area contributed by atoms with Gasteiger partial charge in [-0.1, -0.05) is 0 Å². The Labute approximate surface area is 404 Å². The molecule has 2 fully saturated rings. The van der Waals surface area contributed by atoms with Crippen LogP contribution in [0.25, 0.3) is 11.4 Å². The van der Waals surface area contributed by atoms with E-state index in [9.17, 15) is 28.8 Å². The van der Waals surface area contributed by atoms with E-state index in [1.165, 1.54) is 9.36 Å². The molecule has 0 atom stereocenters. The fourth-order valence-electron chi connectivity index (χ4n) is 9.38. The number of aromatic nitrogens is 4. The van der Waals surface area contributed by atoms with Crippen LogP contribution < -0.4 is 34.8 Å². The highest BCUT2D eigenvalue weighted by Gasteiger charge is 2.37. The fraction of sp³-hybridized carbons (Fsp3) is 0.308. The van der Waals surface area contributed by atoms with Crippen LogP contribution in [0.2, 0.25) is 0 Å². The van der Waals surface area contributed by atoms with E-state index in [4.69, 9.17) is 19.9 Å². The smallest absolute Gasteiger partial charge is 0.359 e. The molecule has 2 saturated heterocycles. The van der Waals surface area contributed by atoms with E-state index in [-0.39, 0.29) is 41.6 Å². The lowest BCUT2D eigenvalue weighted by Crippen LogP contribution is -2.39. The summed E-state index contributed by atoms with van der Waals surface area (Å²) in [4.78, 5) is 83.6. The topological polar surface area (TPSA) is 205 Å². The van der Waals surface area contributed by atoms with Gasteiger partial charge in [-0.2, -0.15) is 10.2 Å². The number of fused-ring (bicyclic) bond motifs is 2. The van der Waals surface area contributed by atoms with E-state index in [2.05, 4.69) is 10.2 Å². The van der Waals surface area contributed by atoms with Gasteiger partial charge >= 0.3 is 5.97 Å². The molecule has 4 aliphatic rings. The Morgan fingerprint density at radius 1 is 0.500 bits per heavy atom. The second-order valence-electron chi connectivity index (χ2n) is 17.1. The summed E-state index contributed by atoms with van der Waals surface area (Å²) in [6.07, 6.45) is 5.85. The molecular weight excluding hydrogens is 895 g/mol. The summed E-state index contributed by atoms with van der Waals surface area (Å²) < 4.78 is 18.7. The Morgan fingerprint density at radius 2 is 0.871 bits per heavy atom. The maximum atomic E-state index is 13.8. The largest absolute Gasteiger partial charge is 0.497 e. The molecule has 4 aliphatic heterocycles. The van der Waals surface area contributed by atoms with Gasteiger partial charge in [-0.25, -0.2) is 14.2 Å². The van der Waals surface area contributed by atoms with Gasteiger partial charge in [-0.15, -0.1) is 0 Å². The van der Waals surface area contributed by atoms with Gasteiger partial charge in [0.2, 0.25) is 11.8 Å². The third-order valence-electron chi connectivity index (χ3n) is 13.0. The van der Waals surface area contributed by atoms with Gasteiger partial charge in [0.05, 0.1) is 32.2 Å². The first kappa shape index (κ1) is 46.8. The van der Waals surface area contributed by atoms with Crippen molar-refractivity contribution in [1.29, 1.82) is 0 Å². The highest BCUT2D eigenvalue weighted by Crippen LogP contribution is 2.34. The molecule has 2 N–H and O–H groups in total. The SMILES string of the molecule is CCOC(=O)c1nn(-c2ccc(OC)cc2)c2c1CCN(c1ccc(N3CCCCC3=O)cc1)C2=O.COc1ccc(-n2nc(C(N)=O)c3c2C(=O)N(c2ccc(N4CCCCC4=O)cc2)CC3)cc1. The summed E-state index contributed by atoms with van der Waals surface area (Å²) in [6, 6.07) is 29.1. The zero-order chi connectivity index (χ0) is 49.1. The van der Waals surface area contributed by atoms with Crippen LogP contribution in [-0.2, 0) is 27.2 Å². The molecule has 18 nitrogen and oxygen atoms in total. The number of piperidine rings is 2. The maximum absolute atomic E-state index is 13.8. The molecule has 6 aromatic rings. The van der Waals surface area contributed by atoms with Gasteiger partial charge in [-0.05, 0) is 143 Å². The average Bonchev–Trinajstić information content (AvgIpc) is 3.99. The average molecular weight is 948 g/mol. The molecule has 10 rings (SSSR count). The van der Waals surface area contributed by atoms with Gasteiger partial charge in [-0.3, -0.25) is 24.0 Å². The summed E-state index contributed by atoms with van der Waals surface area (Å²) in [5, 5.41) is 8.90. The van der Waals surface area contributed by atoms with Crippen LogP contribution in [0.15, 0.2) is 97.1 Å². The van der Waals surface area contributed by atoms with Gasteiger partial charge < -0.3 is 39.5 Å². The van der Waals surface area contributed by atoms with Crippen LogP contribution in [0.5, 0.6) is 11.5 Å². The minimum atomic E-state index is -0.666. The second-order valence-corrected chi connectivity index (χ2v) is 17.1. The van der Waals surface area contributed by atoms with Crippen LogP contribution in [0, 0.1) is 0 Å². The number of nitrogens with two attached hydrogens (primary N) is 1.